The Kier molecular flexibility index (Phi) is 6.08. The standard InChI is InChI=1S/C14H18O4/c1-11-3-5-13(6-4-11)10-17-7-8-18-14(16)9-12(2)15/h3-6H,7-10H2,1-2H3. The van der Waals surface area contributed by atoms with Gasteiger partial charge in [0.25, 0.3) is 0 Å². The molecular formula is C14H18O4. The number of ether oxygens (including phenoxy) is 2. The average molecular weight is 250 g/mol. The zero-order valence-corrected chi connectivity index (χ0v) is 10.8. The van der Waals surface area contributed by atoms with Crippen molar-refractivity contribution < 1.29 is 19.1 Å². The van der Waals surface area contributed by atoms with Crippen molar-refractivity contribution in [3.63, 3.8) is 0 Å². The van der Waals surface area contributed by atoms with E-state index in [1.807, 2.05) is 31.2 Å². The van der Waals surface area contributed by atoms with Crippen molar-refractivity contribution in [3.05, 3.63) is 35.4 Å². The van der Waals surface area contributed by atoms with E-state index < -0.39 is 5.97 Å². The maximum absolute atomic E-state index is 11.0. The van der Waals surface area contributed by atoms with E-state index >= 15 is 0 Å². The van der Waals surface area contributed by atoms with Crippen LogP contribution in [0.1, 0.15) is 24.5 Å². The SMILES string of the molecule is CC(=O)CC(=O)OCCOCc1ccc(C)cc1. The highest BCUT2D eigenvalue weighted by molar-refractivity contribution is 5.94. The first-order valence-corrected chi connectivity index (χ1v) is 5.86. The minimum absolute atomic E-state index is 0.169. The lowest BCUT2D eigenvalue weighted by molar-refractivity contribution is -0.147. The number of ketones is 1. The molecular weight excluding hydrogens is 232 g/mol. The first-order chi connectivity index (χ1) is 8.58. The maximum atomic E-state index is 11.0. The van der Waals surface area contributed by atoms with Gasteiger partial charge in [-0.3, -0.25) is 9.59 Å². The van der Waals surface area contributed by atoms with Crippen LogP contribution in [0.4, 0.5) is 0 Å². The van der Waals surface area contributed by atoms with Crippen LogP contribution in [0.5, 0.6) is 0 Å². The zero-order chi connectivity index (χ0) is 13.4. The van der Waals surface area contributed by atoms with E-state index in [0.29, 0.717) is 13.2 Å². The summed E-state index contributed by atoms with van der Waals surface area (Å²) < 4.78 is 10.2. The van der Waals surface area contributed by atoms with Crippen LogP contribution < -0.4 is 0 Å². The van der Waals surface area contributed by atoms with Gasteiger partial charge in [-0.2, -0.15) is 0 Å². The molecule has 0 spiro atoms. The van der Waals surface area contributed by atoms with Crippen LogP contribution in [0.15, 0.2) is 24.3 Å². The molecule has 0 N–H and O–H groups in total. The van der Waals surface area contributed by atoms with Crippen molar-refractivity contribution in [3.8, 4) is 0 Å². The molecule has 0 saturated carbocycles. The third kappa shape index (κ3) is 6.15. The van der Waals surface area contributed by atoms with Crippen molar-refractivity contribution in [2.45, 2.75) is 26.9 Å². The Labute approximate surface area is 107 Å². The molecule has 0 bridgehead atoms. The fraction of sp³-hybridized carbons (Fsp3) is 0.429. The average Bonchev–Trinajstić information content (AvgIpc) is 2.30. The van der Waals surface area contributed by atoms with E-state index in [9.17, 15) is 9.59 Å². The van der Waals surface area contributed by atoms with Crippen molar-refractivity contribution in [1.82, 2.24) is 0 Å². The number of Topliss-reactive ketones (excluding diaryl/α,β-unsaturated/α-hetero) is 1. The fourth-order valence-corrected chi connectivity index (χ4v) is 1.34. The highest BCUT2D eigenvalue weighted by Crippen LogP contribution is 2.04. The van der Waals surface area contributed by atoms with Crippen LogP contribution in [0.3, 0.4) is 0 Å². The number of aryl methyl sites for hydroxylation is 1. The van der Waals surface area contributed by atoms with Gasteiger partial charge in [0.1, 0.15) is 18.8 Å². The summed E-state index contributed by atoms with van der Waals surface area (Å²) in [6.45, 7) is 4.38. The van der Waals surface area contributed by atoms with Gasteiger partial charge >= 0.3 is 5.97 Å². The molecule has 18 heavy (non-hydrogen) atoms. The third-order valence-electron chi connectivity index (χ3n) is 2.27. The summed E-state index contributed by atoms with van der Waals surface area (Å²) in [5.74, 6) is -0.693. The number of carbonyl (C=O) groups excluding carboxylic acids is 2. The number of benzene rings is 1. The molecule has 0 radical (unpaired) electrons. The van der Waals surface area contributed by atoms with Gasteiger partial charge in [-0.05, 0) is 19.4 Å². The minimum Gasteiger partial charge on any atom is -0.463 e. The van der Waals surface area contributed by atoms with Gasteiger partial charge in [-0.25, -0.2) is 0 Å². The Morgan fingerprint density at radius 2 is 1.78 bits per heavy atom. The van der Waals surface area contributed by atoms with E-state index in [1.54, 1.807) is 0 Å². The Morgan fingerprint density at radius 1 is 1.11 bits per heavy atom. The summed E-state index contributed by atoms with van der Waals surface area (Å²) in [5, 5.41) is 0. The summed E-state index contributed by atoms with van der Waals surface area (Å²) >= 11 is 0. The van der Waals surface area contributed by atoms with Gasteiger partial charge in [0, 0.05) is 0 Å². The molecule has 1 aromatic rings. The zero-order valence-electron chi connectivity index (χ0n) is 10.8. The van der Waals surface area contributed by atoms with Crippen LogP contribution in [0.25, 0.3) is 0 Å². The molecule has 1 aromatic carbocycles. The number of carbonyl (C=O) groups is 2. The van der Waals surface area contributed by atoms with Gasteiger partial charge in [0.05, 0.1) is 13.2 Å². The van der Waals surface area contributed by atoms with Gasteiger partial charge < -0.3 is 9.47 Å². The largest absolute Gasteiger partial charge is 0.463 e. The number of hydrogen-bond acceptors (Lipinski definition) is 4. The molecule has 0 amide bonds. The van der Waals surface area contributed by atoms with E-state index in [4.69, 9.17) is 9.47 Å². The van der Waals surface area contributed by atoms with Gasteiger partial charge in [0.15, 0.2) is 0 Å². The fourth-order valence-electron chi connectivity index (χ4n) is 1.34. The van der Waals surface area contributed by atoms with E-state index in [2.05, 4.69) is 0 Å². The lowest BCUT2D eigenvalue weighted by Gasteiger charge is -2.06. The van der Waals surface area contributed by atoms with Crippen LogP contribution in [-0.2, 0) is 25.7 Å². The van der Waals surface area contributed by atoms with Crippen molar-refractivity contribution in [1.29, 1.82) is 0 Å². The highest BCUT2D eigenvalue weighted by atomic mass is 16.6. The highest BCUT2D eigenvalue weighted by Gasteiger charge is 2.05. The predicted octanol–water partition coefficient (Wildman–Crippen LogP) is 2.03. The van der Waals surface area contributed by atoms with Crippen molar-refractivity contribution >= 4 is 11.8 Å². The number of hydrogen-bond donors (Lipinski definition) is 0. The monoisotopic (exact) mass is 250 g/mol. The summed E-state index contributed by atoms with van der Waals surface area (Å²) in [5.41, 5.74) is 2.28. The van der Waals surface area contributed by atoms with Gasteiger partial charge in [-0.15, -0.1) is 0 Å². The van der Waals surface area contributed by atoms with E-state index in [0.717, 1.165) is 5.56 Å². The molecule has 0 aliphatic rings. The molecule has 0 heterocycles. The molecule has 0 atom stereocenters. The third-order valence-corrected chi connectivity index (χ3v) is 2.27. The molecule has 0 saturated heterocycles. The Hall–Kier alpha value is -1.68. The first-order valence-electron chi connectivity index (χ1n) is 5.86. The molecule has 0 aromatic heterocycles. The van der Waals surface area contributed by atoms with Crippen LogP contribution in [0.2, 0.25) is 0 Å². The molecule has 4 nitrogen and oxygen atoms in total. The minimum atomic E-state index is -0.499. The molecule has 98 valence electrons. The molecule has 1 rings (SSSR count). The number of esters is 1. The second-order valence-electron chi connectivity index (χ2n) is 4.14. The Balaban J connectivity index is 2.10. The van der Waals surface area contributed by atoms with Crippen molar-refractivity contribution in [2.24, 2.45) is 0 Å². The second-order valence-corrected chi connectivity index (χ2v) is 4.14. The Bertz CT molecular complexity index is 395. The number of rotatable bonds is 7. The van der Waals surface area contributed by atoms with Gasteiger partial charge in [-0.1, -0.05) is 29.8 Å². The normalized spacial score (nSPS) is 10.1. The molecule has 0 aliphatic heterocycles. The first kappa shape index (κ1) is 14.4. The molecule has 4 heteroatoms. The lowest BCUT2D eigenvalue weighted by Crippen LogP contribution is -2.13. The molecule has 0 aliphatic carbocycles. The molecule has 0 unspecified atom stereocenters. The molecule has 0 fully saturated rings. The summed E-state index contributed by atoms with van der Waals surface area (Å²) in [4.78, 5) is 21.6. The lowest BCUT2D eigenvalue weighted by atomic mass is 10.2. The smallest absolute Gasteiger partial charge is 0.313 e. The van der Waals surface area contributed by atoms with Crippen LogP contribution in [-0.4, -0.2) is 25.0 Å². The van der Waals surface area contributed by atoms with Crippen LogP contribution in [0, 0.1) is 6.92 Å². The quantitative estimate of drug-likeness (QED) is 0.422. The summed E-state index contributed by atoms with van der Waals surface area (Å²) in [6.07, 6.45) is -0.169. The van der Waals surface area contributed by atoms with Gasteiger partial charge in [0.2, 0.25) is 0 Å². The predicted molar refractivity (Wildman–Crippen MR) is 67.1 cm³/mol. The summed E-state index contributed by atoms with van der Waals surface area (Å²) in [6, 6.07) is 8.03. The van der Waals surface area contributed by atoms with E-state index in [-0.39, 0.29) is 18.8 Å². The topological polar surface area (TPSA) is 52.6 Å². The van der Waals surface area contributed by atoms with E-state index in [1.165, 1.54) is 12.5 Å². The second kappa shape index (κ2) is 7.61. The summed E-state index contributed by atoms with van der Waals surface area (Å²) in [7, 11) is 0. The van der Waals surface area contributed by atoms with Crippen LogP contribution >= 0.6 is 0 Å². The Morgan fingerprint density at radius 3 is 2.39 bits per heavy atom. The maximum Gasteiger partial charge on any atom is 0.313 e. The van der Waals surface area contributed by atoms with Crippen molar-refractivity contribution in [2.75, 3.05) is 13.2 Å².